The van der Waals surface area contributed by atoms with Crippen LogP contribution in [0.2, 0.25) is 0 Å². The highest BCUT2D eigenvalue weighted by Gasteiger charge is 1.84. The second-order valence-electron chi connectivity index (χ2n) is 2.66. The Labute approximate surface area is 64.0 Å². The third-order valence-electron chi connectivity index (χ3n) is 1.31. The second kappa shape index (κ2) is 5.10. The molecular formula is C9H17N. The molecule has 0 aliphatic rings. The van der Waals surface area contributed by atoms with Crippen LogP contribution in [0.3, 0.4) is 0 Å². The lowest BCUT2D eigenvalue weighted by Gasteiger charge is -2.03. The molecule has 10 heavy (non-hydrogen) atoms. The molecule has 58 valence electrons. The molecule has 0 aromatic heterocycles. The van der Waals surface area contributed by atoms with E-state index in [9.17, 15) is 0 Å². The van der Waals surface area contributed by atoms with Gasteiger partial charge in [0, 0.05) is 14.1 Å². The van der Waals surface area contributed by atoms with Crippen LogP contribution < -0.4 is 0 Å². The summed E-state index contributed by atoms with van der Waals surface area (Å²) in [5, 5.41) is 0. The van der Waals surface area contributed by atoms with E-state index in [1.54, 1.807) is 0 Å². The normalized spacial score (nSPS) is 10.3. The minimum Gasteiger partial charge on any atom is -0.384 e. The van der Waals surface area contributed by atoms with Crippen molar-refractivity contribution in [2.24, 2.45) is 0 Å². The molecule has 0 radical (unpaired) electrons. The summed E-state index contributed by atoms with van der Waals surface area (Å²) in [5.74, 6) is 0. The maximum absolute atomic E-state index is 3.90. The number of rotatable bonds is 4. The lowest BCUT2D eigenvalue weighted by atomic mass is 10.2. The summed E-state index contributed by atoms with van der Waals surface area (Å²) in [7, 11) is 4.04. The number of hydrogen-bond donors (Lipinski definition) is 0. The Morgan fingerprint density at radius 2 is 2.10 bits per heavy atom. The summed E-state index contributed by atoms with van der Waals surface area (Å²) in [6.07, 6.45) is 6.28. The molecular weight excluding hydrogens is 122 g/mol. The first-order valence-corrected chi connectivity index (χ1v) is 3.66. The summed E-state index contributed by atoms with van der Waals surface area (Å²) in [4.78, 5) is 2.03. The predicted molar refractivity (Wildman–Crippen MR) is 46.9 cm³/mol. The average molecular weight is 139 g/mol. The summed E-state index contributed by atoms with van der Waals surface area (Å²) < 4.78 is 0. The van der Waals surface area contributed by atoms with Crippen LogP contribution in [0, 0.1) is 0 Å². The van der Waals surface area contributed by atoms with Crippen LogP contribution in [0.4, 0.5) is 0 Å². The molecule has 0 unspecified atom stereocenters. The molecule has 0 aliphatic carbocycles. The first-order chi connectivity index (χ1) is 4.66. The first-order valence-electron chi connectivity index (χ1n) is 3.66. The smallest absolute Gasteiger partial charge is 0.00555 e. The van der Waals surface area contributed by atoms with Crippen LogP contribution in [-0.2, 0) is 0 Å². The van der Waals surface area contributed by atoms with E-state index in [2.05, 4.69) is 25.8 Å². The van der Waals surface area contributed by atoms with Crippen molar-refractivity contribution in [3.05, 3.63) is 24.4 Å². The third-order valence-corrected chi connectivity index (χ3v) is 1.31. The van der Waals surface area contributed by atoms with Gasteiger partial charge in [-0.05, 0) is 19.0 Å². The van der Waals surface area contributed by atoms with Crippen LogP contribution in [0.5, 0.6) is 0 Å². The molecule has 0 amide bonds. The van der Waals surface area contributed by atoms with Crippen LogP contribution in [-0.4, -0.2) is 19.0 Å². The maximum atomic E-state index is 3.90. The van der Waals surface area contributed by atoms with Crippen molar-refractivity contribution in [2.45, 2.75) is 19.8 Å². The number of allylic oxidation sites excluding steroid dienone is 2. The Morgan fingerprint density at radius 1 is 1.50 bits per heavy atom. The molecule has 0 aliphatic heterocycles. The van der Waals surface area contributed by atoms with Crippen LogP contribution >= 0.6 is 0 Å². The molecule has 0 aromatic rings. The fourth-order valence-electron chi connectivity index (χ4n) is 0.575. The Hall–Kier alpha value is -0.720. The lowest BCUT2D eigenvalue weighted by molar-refractivity contribution is 0.561. The SMILES string of the molecule is C=C(CC)C/C=C/N(C)C. The monoisotopic (exact) mass is 139 g/mol. The fourth-order valence-corrected chi connectivity index (χ4v) is 0.575. The van der Waals surface area contributed by atoms with Crippen molar-refractivity contribution in [1.29, 1.82) is 0 Å². The zero-order valence-electron chi connectivity index (χ0n) is 7.22. The molecule has 0 spiro atoms. The number of hydrogen-bond acceptors (Lipinski definition) is 1. The second-order valence-corrected chi connectivity index (χ2v) is 2.66. The summed E-state index contributed by atoms with van der Waals surface area (Å²) in [5.41, 5.74) is 1.29. The minimum atomic E-state index is 1.01. The standard InChI is InChI=1S/C9H17N/c1-5-9(2)7-6-8-10(3)4/h6,8H,2,5,7H2,1,3-4H3/b8-6+. The number of nitrogens with zero attached hydrogens (tertiary/aromatic N) is 1. The molecule has 0 heterocycles. The van der Waals surface area contributed by atoms with Gasteiger partial charge in [0.25, 0.3) is 0 Å². The fraction of sp³-hybridized carbons (Fsp3) is 0.556. The third kappa shape index (κ3) is 5.42. The van der Waals surface area contributed by atoms with Crippen LogP contribution in [0.15, 0.2) is 24.4 Å². The molecule has 0 fully saturated rings. The highest BCUT2D eigenvalue weighted by Crippen LogP contribution is 2.02. The van der Waals surface area contributed by atoms with Gasteiger partial charge in [0.15, 0.2) is 0 Å². The molecule has 0 saturated carbocycles. The van der Waals surface area contributed by atoms with Gasteiger partial charge in [-0.1, -0.05) is 25.2 Å². The van der Waals surface area contributed by atoms with Gasteiger partial charge in [-0.25, -0.2) is 0 Å². The Kier molecular flexibility index (Phi) is 4.73. The molecule has 0 saturated heterocycles. The van der Waals surface area contributed by atoms with Gasteiger partial charge < -0.3 is 4.90 Å². The quantitative estimate of drug-likeness (QED) is 0.541. The van der Waals surface area contributed by atoms with E-state index in [4.69, 9.17) is 0 Å². The zero-order valence-corrected chi connectivity index (χ0v) is 7.22. The van der Waals surface area contributed by atoms with E-state index in [0.717, 1.165) is 12.8 Å². The van der Waals surface area contributed by atoms with Crippen LogP contribution in [0.25, 0.3) is 0 Å². The molecule has 0 aromatic carbocycles. The van der Waals surface area contributed by atoms with Gasteiger partial charge in [0.1, 0.15) is 0 Å². The van der Waals surface area contributed by atoms with Gasteiger partial charge in [0.05, 0.1) is 0 Å². The topological polar surface area (TPSA) is 3.24 Å². The van der Waals surface area contributed by atoms with Gasteiger partial charge in [-0.2, -0.15) is 0 Å². The van der Waals surface area contributed by atoms with Crippen molar-refractivity contribution < 1.29 is 0 Å². The molecule has 0 rings (SSSR count). The van der Waals surface area contributed by atoms with Crippen molar-refractivity contribution in [2.75, 3.05) is 14.1 Å². The van der Waals surface area contributed by atoms with Crippen molar-refractivity contribution in [1.82, 2.24) is 4.90 Å². The van der Waals surface area contributed by atoms with Crippen molar-refractivity contribution >= 4 is 0 Å². The summed E-state index contributed by atoms with van der Waals surface area (Å²) in [6.45, 7) is 6.03. The van der Waals surface area contributed by atoms with E-state index in [1.807, 2.05) is 19.0 Å². The Morgan fingerprint density at radius 3 is 2.50 bits per heavy atom. The highest BCUT2D eigenvalue weighted by atomic mass is 15.0. The van der Waals surface area contributed by atoms with Crippen molar-refractivity contribution in [3.63, 3.8) is 0 Å². The lowest BCUT2D eigenvalue weighted by Crippen LogP contribution is -1.99. The van der Waals surface area contributed by atoms with E-state index in [0.29, 0.717) is 0 Å². The highest BCUT2D eigenvalue weighted by molar-refractivity contribution is 5.00. The van der Waals surface area contributed by atoms with Gasteiger partial charge in [-0.15, -0.1) is 0 Å². The van der Waals surface area contributed by atoms with Gasteiger partial charge in [-0.3, -0.25) is 0 Å². The summed E-state index contributed by atoms with van der Waals surface area (Å²) >= 11 is 0. The maximum Gasteiger partial charge on any atom is 0.00555 e. The minimum absolute atomic E-state index is 1.01. The molecule has 0 atom stereocenters. The largest absolute Gasteiger partial charge is 0.384 e. The van der Waals surface area contributed by atoms with Gasteiger partial charge in [0.2, 0.25) is 0 Å². The molecule has 0 N–H and O–H groups in total. The Bertz CT molecular complexity index is 123. The first kappa shape index (κ1) is 9.28. The van der Waals surface area contributed by atoms with E-state index < -0.39 is 0 Å². The van der Waals surface area contributed by atoms with Gasteiger partial charge >= 0.3 is 0 Å². The Balaban J connectivity index is 3.43. The van der Waals surface area contributed by atoms with E-state index in [-0.39, 0.29) is 0 Å². The molecule has 1 nitrogen and oxygen atoms in total. The zero-order chi connectivity index (χ0) is 7.98. The average Bonchev–Trinajstić information content (AvgIpc) is 1.87. The van der Waals surface area contributed by atoms with Crippen molar-refractivity contribution in [3.8, 4) is 0 Å². The van der Waals surface area contributed by atoms with E-state index in [1.165, 1.54) is 5.57 Å². The van der Waals surface area contributed by atoms with Crippen LogP contribution in [0.1, 0.15) is 19.8 Å². The van der Waals surface area contributed by atoms with E-state index >= 15 is 0 Å². The molecule has 0 bridgehead atoms. The predicted octanol–water partition coefficient (Wildman–Crippen LogP) is 2.42. The summed E-state index contributed by atoms with van der Waals surface area (Å²) in [6, 6.07) is 0. The molecule has 1 heteroatoms.